The number of ether oxygens (including phenoxy) is 3. The summed E-state index contributed by atoms with van der Waals surface area (Å²) in [5.41, 5.74) is 0. The van der Waals surface area contributed by atoms with E-state index in [0.29, 0.717) is 26.1 Å². The second kappa shape index (κ2) is 7.53. The lowest BCUT2D eigenvalue weighted by Crippen LogP contribution is -2.24. The minimum Gasteiger partial charge on any atom is -0.373 e. The fourth-order valence-corrected chi connectivity index (χ4v) is 0.879. The van der Waals surface area contributed by atoms with E-state index in [9.17, 15) is 0 Å². The van der Waals surface area contributed by atoms with Gasteiger partial charge in [-0.05, 0) is 27.7 Å². The van der Waals surface area contributed by atoms with Crippen LogP contribution in [0.4, 0.5) is 0 Å². The molecule has 0 saturated carbocycles. The molecule has 1 unspecified atom stereocenters. The summed E-state index contributed by atoms with van der Waals surface area (Å²) in [6.45, 7) is 9.63. The number of rotatable bonds is 7. The van der Waals surface area contributed by atoms with E-state index < -0.39 is 0 Å². The van der Waals surface area contributed by atoms with E-state index in [2.05, 4.69) is 0 Å². The van der Waals surface area contributed by atoms with E-state index in [1.807, 2.05) is 27.7 Å². The van der Waals surface area contributed by atoms with Crippen LogP contribution in [0.3, 0.4) is 0 Å². The van der Waals surface area contributed by atoms with Crippen LogP contribution >= 0.6 is 0 Å². The SMILES string of the molecule is CCO[C](OCC)C(C)OCC. The van der Waals surface area contributed by atoms with Crippen LogP contribution in [0.5, 0.6) is 0 Å². The maximum atomic E-state index is 5.32. The molecule has 0 fully saturated rings. The van der Waals surface area contributed by atoms with E-state index >= 15 is 0 Å². The van der Waals surface area contributed by atoms with Crippen molar-refractivity contribution in [2.75, 3.05) is 19.8 Å². The summed E-state index contributed by atoms with van der Waals surface area (Å²) in [5, 5.41) is 0. The smallest absolute Gasteiger partial charge is 0.253 e. The lowest BCUT2D eigenvalue weighted by atomic mass is 10.4. The van der Waals surface area contributed by atoms with Gasteiger partial charge in [0.1, 0.15) is 6.10 Å². The summed E-state index contributed by atoms with van der Waals surface area (Å²) in [5.74, 6) is 0. The van der Waals surface area contributed by atoms with Crippen molar-refractivity contribution in [1.82, 2.24) is 0 Å². The maximum Gasteiger partial charge on any atom is 0.253 e. The summed E-state index contributed by atoms with van der Waals surface area (Å²) < 4.78 is 15.9. The Morgan fingerprint density at radius 1 is 1.00 bits per heavy atom. The third kappa shape index (κ3) is 4.70. The van der Waals surface area contributed by atoms with Gasteiger partial charge in [0.15, 0.2) is 0 Å². The highest BCUT2D eigenvalue weighted by Gasteiger charge is 2.19. The van der Waals surface area contributed by atoms with E-state index in [0.717, 1.165) is 0 Å². The van der Waals surface area contributed by atoms with Gasteiger partial charge in [-0.1, -0.05) is 0 Å². The zero-order chi connectivity index (χ0) is 9.40. The van der Waals surface area contributed by atoms with Crippen LogP contribution in [-0.4, -0.2) is 25.9 Å². The topological polar surface area (TPSA) is 27.7 Å². The average molecular weight is 175 g/mol. The van der Waals surface area contributed by atoms with Crippen molar-refractivity contribution >= 4 is 0 Å². The lowest BCUT2D eigenvalue weighted by Gasteiger charge is -2.21. The predicted octanol–water partition coefficient (Wildman–Crippen LogP) is 1.97. The summed E-state index contributed by atoms with van der Waals surface area (Å²) in [6.07, 6.45) is 0.511. The van der Waals surface area contributed by atoms with E-state index in [1.165, 1.54) is 0 Å². The summed E-state index contributed by atoms with van der Waals surface area (Å²) in [7, 11) is 0. The minimum absolute atomic E-state index is 0.0742. The van der Waals surface area contributed by atoms with Gasteiger partial charge in [0, 0.05) is 19.8 Å². The first-order valence-electron chi connectivity index (χ1n) is 4.50. The molecule has 0 aliphatic rings. The molecule has 0 rings (SSSR count). The van der Waals surface area contributed by atoms with Gasteiger partial charge in [-0.2, -0.15) is 0 Å². The van der Waals surface area contributed by atoms with E-state index in [4.69, 9.17) is 14.2 Å². The number of hydrogen-bond donors (Lipinski definition) is 0. The second-order valence-electron chi connectivity index (χ2n) is 2.28. The monoisotopic (exact) mass is 175 g/mol. The molecule has 1 atom stereocenters. The van der Waals surface area contributed by atoms with Gasteiger partial charge in [-0.25, -0.2) is 0 Å². The Kier molecular flexibility index (Phi) is 7.45. The highest BCUT2D eigenvalue weighted by Crippen LogP contribution is 2.13. The molecular weight excluding hydrogens is 156 g/mol. The normalized spacial score (nSPS) is 13.8. The van der Waals surface area contributed by atoms with Crippen molar-refractivity contribution in [1.29, 1.82) is 0 Å². The molecule has 73 valence electrons. The first kappa shape index (κ1) is 11.9. The maximum absolute atomic E-state index is 5.32. The lowest BCUT2D eigenvalue weighted by molar-refractivity contribution is -0.110. The summed E-state index contributed by atoms with van der Waals surface area (Å²) >= 11 is 0. The second-order valence-corrected chi connectivity index (χ2v) is 2.28. The van der Waals surface area contributed by atoms with Crippen LogP contribution in [0.2, 0.25) is 0 Å². The highest BCUT2D eigenvalue weighted by atomic mass is 16.7. The Morgan fingerprint density at radius 2 is 1.50 bits per heavy atom. The fourth-order valence-electron chi connectivity index (χ4n) is 0.879. The zero-order valence-electron chi connectivity index (χ0n) is 8.42. The fraction of sp³-hybridized carbons (Fsp3) is 0.889. The third-order valence-electron chi connectivity index (χ3n) is 1.32. The average Bonchev–Trinajstić information content (AvgIpc) is 2.04. The van der Waals surface area contributed by atoms with Crippen molar-refractivity contribution in [3.05, 3.63) is 6.29 Å². The Morgan fingerprint density at radius 3 is 1.83 bits per heavy atom. The van der Waals surface area contributed by atoms with Crippen LogP contribution in [0.25, 0.3) is 0 Å². The van der Waals surface area contributed by atoms with Crippen LogP contribution < -0.4 is 0 Å². The van der Waals surface area contributed by atoms with Crippen LogP contribution in [-0.2, 0) is 14.2 Å². The van der Waals surface area contributed by atoms with Crippen LogP contribution in [0.1, 0.15) is 27.7 Å². The van der Waals surface area contributed by atoms with Crippen LogP contribution in [0.15, 0.2) is 0 Å². The molecule has 0 aliphatic heterocycles. The van der Waals surface area contributed by atoms with Crippen molar-refractivity contribution in [2.24, 2.45) is 0 Å². The quantitative estimate of drug-likeness (QED) is 0.592. The van der Waals surface area contributed by atoms with Gasteiger partial charge in [0.05, 0.1) is 0 Å². The molecule has 0 aromatic carbocycles. The first-order valence-corrected chi connectivity index (χ1v) is 4.50. The van der Waals surface area contributed by atoms with Gasteiger partial charge >= 0.3 is 0 Å². The molecule has 0 heterocycles. The van der Waals surface area contributed by atoms with Gasteiger partial charge < -0.3 is 14.2 Å². The Bertz CT molecular complexity index is 89.8. The van der Waals surface area contributed by atoms with Crippen molar-refractivity contribution < 1.29 is 14.2 Å². The molecular formula is C9H19O3. The molecule has 0 aromatic rings. The van der Waals surface area contributed by atoms with E-state index in [-0.39, 0.29) is 6.10 Å². The zero-order valence-corrected chi connectivity index (χ0v) is 8.42. The molecule has 3 heteroatoms. The molecule has 0 aliphatic carbocycles. The van der Waals surface area contributed by atoms with Crippen molar-refractivity contribution in [3.63, 3.8) is 0 Å². The Labute approximate surface area is 75.0 Å². The van der Waals surface area contributed by atoms with Crippen molar-refractivity contribution in [3.8, 4) is 0 Å². The van der Waals surface area contributed by atoms with Gasteiger partial charge in [0.25, 0.3) is 6.29 Å². The summed E-state index contributed by atoms with van der Waals surface area (Å²) in [4.78, 5) is 0. The largest absolute Gasteiger partial charge is 0.373 e. The van der Waals surface area contributed by atoms with E-state index in [1.54, 1.807) is 0 Å². The van der Waals surface area contributed by atoms with Crippen molar-refractivity contribution in [2.45, 2.75) is 33.8 Å². The number of hydrogen-bond acceptors (Lipinski definition) is 3. The molecule has 0 spiro atoms. The van der Waals surface area contributed by atoms with Gasteiger partial charge in [0.2, 0.25) is 0 Å². The Balaban J connectivity index is 3.72. The minimum atomic E-state index is -0.0742. The standard InChI is InChI=1S/C9H19O3/c1-5-10-8(4)9(11-6-2)12-7-3/h8H,5-7H2,1-4H3. The molecule has 0 aromatic heterocycles. The first-order chi connectivity index (χ1) is 5.76. The molecule has 3 nitrogen and oxygen atoms in total. The third-order valence-corrected chi connectivity index (χ3v) is 1.32. The molecule has 12 heavy (non-hydrogen) atoms. The Hall–Kier alpha value is -0.120. The molecule has 0 N–H and O–H groups in total. The molecule has 0 bridgehead atoms. The van der Waals surface area contributed by atoms with Gasteiger partial charge in [-0.3, -0.25) is 0 Å². The molecule has 0 amide bonds. The van der Waals surface area contributed by atoms with Gasteiger partial charge in [-0.15, -0.1) is 0 Å². The highest BCUT2D eigenvalue weighted by molar-refractivity contribution is 4.74. The predicted molar refractivity (Wildman–Crippen MR) is 47.6 cm³/mol. The van der Waals surface area contributed by atoms with Crippen LogP contribution in [0, 0.1) is 6.29 Å². The summed E-state index contributed by atoms with van der Waals surface area (Å²) in [6, 6.07) is 0. The molecule has 1 radical (unpaired) electrons. The molecule has 0 saturated heterocycles.